The molecule has 0 saturated heterocycles. The zero-order valence-corrected chi connectivity index (χ0v) is 10.9. The monoisotopic (exact) mass is 243 g/mol. The molecule has 0 bridgehead atoms. The van der Waals surface area contributed by atoms with Gasteiger partial charge in [0.05, 0.1) is 12.3 Å². The van der Waals surface area contributed by atoms with E-state index in [2.05, 4.69) is 5.32 Å². The van der Waals surface area contributed by atoms with E-state index in [1.54, 1.807) is 6.26 Å². The Labute approximate surface area is 107 Å². The van der Waals surface area contributed by atoms with E-state index in [0.717, 1.165) is 11.3 Å². The smallest absolute Gasteiger partial charge is 0.251 e. The molecular formula is C15H17NO2. The van der Waals surface area contributed by atoms with Gasteiger partial charge in [0, 0.05) is 5.56 Å². The number of rotatable bonds is 3. The maximum absolute atomic E-state index is 12.1. The molecule has 0 aliphatic carbocycles. The molecule has 0 aliphatic rings. The van der Waals surface area contributed by atoms with Gasteiger partial charge in [-0.2, -0.15) is 0 Å². The van der Waals surface area contributed by atoms with Gasteiger partial charge in [0.15, 0.2) is 0 Å². The Morgan fingerprint density at radius 1 is 1.22 bits per heavy atom. The maximum atomic E-state index is 12.1. The van der Waals surface area contributed by atoms with Crippen LogP contribution in [0.5, 0.6) is 0 Å². The molecule has 0 unspecified atom stereocenters. The van der Waals surface area contributed by atoms with Crippen LogP contribution < -0.4 is 5.32 Å². The summed E-state index contributed by atoms with van der Waals surface area (Å²) in [7, 11) is 0. The van der Waals surface area contributed by atoms with E-state index >= 15 is 0 Å². The fraction of sp³-hybridized carbons (Fsp3) is 0.267. The molecule has 1 atom stereocenters. The standard InChI is InChI=1S/C15H17NO2/c1-10-6-7-13(9-11(10)2)15(17)16-12(3)14-5-4-8-18-14/h4-9,12H,1-3H3,(H,16,17)/t12-/m1/s1. The summed E-state index contributed by atoms with van der Waals surface area (Å²) < 4.78 is 5.26. The SMILES string of the molecule is Cc1ccc(C(=O)N[C@H](C)c2ccco2)cc1C. The Balaban J connectivity index is 2.10. The lowest BCUT2D eigenvalue weighted by Gasteiger charge is -2.12. The van der Waals surface area contributed by atoms with E-state index < -0.39 is 0 Å². The summed E-state index contributed by atoms with van der Waals surface area (Å²) >= 11 is 0. The number of nitrogens with one attached hydrogen (secondary N) is 1. The minimum absolute atomic E-state index is 0.0815. The summed E-state index contributed by atoms with van der Waals surface area (Å²) in [5.41, 5.74) is 2.98. The number of amides is 1. The summed E-state index contributed by atoms with van der Waals surface area (Å²) in [5.74, 6) is 0.675. The van der Waals surface area contributed by atoms with Crippen molar-refractivity contribution in [3.8, 4) is 0 Å². The second kappa shape index (κ2) is 5.08. The van der Waals surface area contributed by atoms with Gasteiger partial charge < -0.3 is 9.73 Å². The summed E-state index contributed by atoms with van der Waals surface area (Å²) in [6.45, 7) is 5.93. The van der Waals surface area contributed by atoms with Crippen LogP contribution >= 0.6 is 0 Å². The van der Waals surface area contributed by atoms with Crippen LogP contribution in [0.25, 0.3) is 0 Å². The molecule has 2 aromatic rings. The summed E-state index contributed by atoms with van der Waals surface area (Å²) in [6.07, 6.45) is 1.61. The van der Waals surface area contributed by atoms with Crippen molar-refractivity contribution in [3.63, 3.8) is 0 Å². The lowest BCUT2D eigenvalue weighted by molar-refractivity contribution is 0.0935. The molecule has 0 saturated carbocycles. The van der Waals surface area contributed by atoms with E-state index in [4.69, 9.17) is 4.42 Å². The first-order chi connectivity index (χ1) is 8.58. The number of carbonyl (C=O) groups is 1. The fourth-order valence-electron chi connectivity index (χ4n) is 1.77. The van der Waals surface area contributed by atoms with E-state index in [0.29, 0.717) is 5.56 Å². The van der Waals surface area contributed by atoms with E-state index in [9.17, 15) is 4.79 Å². The molecule has 94 valence electrons. The zero-order chi connectivity index (χ0) is 13.1. The highest BCUT2D eigenvalue weighted by molar-refractivity contribution is 5.94. The molecule has 0 spiro atoms. The molecule has 1 amide bonds. The first kappa shape index (κ1) is 12.4. The number of carbonyl (C=O) groups excluding carboxylic acids is 1. The van der Waals surface area contributed by atoms with Gasteiger partial charge in [-0.15, -0.1) is 0 Å². The van der Waals surface area contributed by atoms with Crippen molar-refractivity contribution < 1.29 is 9.21 Å². The van der Waals surface area contributed by atoms with Gasteiger partial charge >= 0.3 is 0 Å². The molecule has 2 rings (SSSR count). The molecular weight excluding hydrogens is 226 g/mol. The van der Waals surface area contributed by atoms with Crippen molar-refractivity contribution in [2.45, 2.75) is 26.8 Å². The summed E-state index contributed by atoms with van der Waals surface area (Å²) in [5, 5.41) is 2.91. The van der Waals surface area contributed by atoms with Gasteiger partial charge in [0.25, 0.3) is 5.91 Å². The molecule has 0 radical (unpaired) electrons. The first-order valence-electron chi connectivity index (χ1n) is 5.99. The number of aryl methyl sites for hydroxylation is 2. The third-order valence-corrected chi connectivity index (χ3v) is 3.09. The number of furan rings is 1. The molecule has 0 fully saturated rings. The largest absolute Gasteiger partial charge is 0.467 e. The highest BCUT2D eigenvalue weighted by Crippen LogP contribution is 2.14. The van der Waals surface area contributed by atoms with Crippen molar-refractivity contribution in [1.82, 2.24) is 5.32 Å². The highest BCUT2D eigenvalue weighted by Gasteiger charge is 2.13. The Morgan fingerprint density at radius 2 is 2.00 bits per heavy atom. The predicted octanol–water partition coefficient (Wildman–Crippen LogP) is 3.39. The van der Waals surface area contributed by atoms with Crippen LogP contribution in [0, 0.1) is 13.8 Å². The van der Waals surface area contributed by atoms with Crippen LogP contribution in [-0.4, -0.2) is 5.91 Å². The molecule has 3 nitrogen and oxygen atoms in total. The molecule has 1 aromatic heterocycles. The second-order valence-corrected chi connectivity index (χ2v) is 4.51. The van der Waals surface area contributed by atoms with Crippen molar-refractivity contribution >= 4 is 5.91 Å². The van der Waals surface area contributed by atoms with Crippen LogP contribution in [0.15, 0.2) is 41.0 Å². The molecule has 0 aliphatic heterocycles. The normalized spacial score (nSPS) is 12.2. The van der Waals surface area contributed by atoms with Gasteiger partial charge in [0.1, 0.15) is 5.76 Å². The molecule has 1 N–H and O–H groups in total. The molecule has 3 heteroatoms. The van der Waals surface area contributed by atoms with Gasteiger partial charge in [-0.3, -0.25) is 4.79 Å². The van der Waals surface area contributed by atoms with Crippen molar-refractivity contribution in [2.24, 2.45) is 0 Å². The van der Waals surface area contributed by atoms with Gasteiger partial charge in [-0.1, -0.05) is 6.07 Å². The predicted molar refractivity (Wildman–Crippen MR) is 70.5 cm³/mol. The summed E-state index contributed by atoms with van der Waals surface area (Å²) in [6, 6.07) is 9.24. The van der Waals surface area contributed by atoms with Crippen LogP contribution in [0.4, 0.5) is 0 Å². The van der Waals surface area contributed by atoms with Crippen molar-refractivity contribution in [3.05, 3.63) is 59.0 Å². The minimum atomic E-state index is -0.130. The lowest BCUT2D eigenvalue weighted by atomic mass is 10.1. The van der Waals surface area contributed by atoms with E-state index in [1.807, 2.05) is 51.1 Å². The average molecular weight is 243 g/mol. The Morgan fingerprint density at radius 3 is 2.61 bits per heavy atom. The second-order valence-electron chi connectivity index (χ2n) is 4.51. The third-order valence-electron chi connectivity index (χ3n) is 3.09. The zero-order valence-electron chi connectivity index (χ0n) is 10.9. The Hall–Kier alpha value is -2.03. The van der Waals surface area contributed by atoms with E-state index in [1.165, 1.54) is 5.56 Å². The Bertz CT molecular complexity index is 544. The van der Waals surface area contributed by atoms with Gasteiger partial charge in [-0.05, 0) is 56.2 Å². The van der Waals surface area contributed by atoms with Crippen LogP contribution in [0.2, 0.25) is 0 Å². The van der Waals surface area contributed by atoms with Gasteiger partial charge in [-0.25, -0.2) is 0 Å². The lowest BCUT2D eigenvalue weighted by Crippen LogP contribution is -2.26. The van der Waals surface area contributed by atoms with Crippen LogP contribution in [-0.2, 0) is 0 Å². The topological polar surface area (TPSA) is 42.2 Å². The van der Waals surface area contributed by atoms with Crippen molar-refractivity contribution in [1.29, 1.82) is 0 Å². The summed E-state index contributed by atoms with van der Waals surface area (Å²) in [4.78, 5) is 12.1. The maximum Gasteiger partial charge on any atom is 0.251 e. The highest BCUT2D eigenvalue weighted by atomic mass is 16.3. The molecule has 18 heavy (non-hydrogen) atoms. The quantitative estimate of drug-likeness (QED) is 0.897. The Kier molecular flexibility index (Phi) is 3.51. The molecule has 1 heterocycles. The minimum Gasteiger partial charge on any atom is -0.467 e. The number of hydrogen-bond acceptors (Lipinski definition) is 2. The average Bonchev–Trinajstić information content (AvgIpc) is 2.86. The fourth-order valence-corrected chi connectivity index (χ4v) is 1.77. The molecule has 1 aromatic carbocycles. The van der Waals surface area contributed by atoms with Crippen molar-refractivity contribution in [2.75, 3.05) is 0 Å². The number of benzene rings is 1. The van der Waals surface area contributed by atoms with Crippen LogP contribution in [0.1, 0.15) is 40.2 Å². The van der Waals surface area contributed by atoms with E-state index in [-0.39, 0.29) is 11.9 Å². The van der Waals surface area contributed by atoms with Crippen LogP contribution in [0.3, 0.4) is 0 Å². The third kappa shape index (κ3) is 2.62. The first-order valence-corrected chi connectivity index (χ1v) is 5.99. The van der Waals surface area contributed by atoms with Gasteiger partial charge in [0.2, 0.25) is 0 Å². The number of hydrogen-bond donors (Lipinski definition) is 1.